The number of carbonyl (C=O) groups excluding carboxylic acids is 1. The molecule has 3 aromatic rings. The second-order valence-electron chi connectivity index (χ2n) is 5.97. The minimum absolute atomic E-state index is 0.144. The Bertz CT molecular complexity index is 939. The van der Waals surface area contributed by atoms with Crippen molar-refractivity contribution in [3.63, 3.8) is 0 Å². The summed E-state index contributed by atoms with van der Waals surface area (Å²) in [5, 5.41) is 11.0. The topological polar surface area (TPSA) is 40.5 Å². The van der Waals surface area contributed by atoms with Crippen molar-refractivity contribution in [1.29, 1.82) is 0 Å². The van der Waals surface area contributed by atoms with Gasteiger partial charge >= 0.3 is 0 Å². The van der Waals surface area contributed by atoms with E-state index in [0.29, 0.717) is 29.0 Å². The Morgan fingerprint density at radius 2 is 1.96 bits per heavy atom. The lowest BCUT2D eigenvalue weighted by Gasteiger charge is -2.16. The van der Waals surface area contributed by atoms with Gasteiger partial charge in [0.2, 0.25) is 0 Å². The number of phenolic OH excluding ortho intramolecular Hbond substituents is 1. The molecule has 1 heterocycles. The molecule has 0 aliphatic rings. The number of rotatable bonds is 5. The van der Waals surface area contributed by atoms with E-state index in [1.165, 1.54) is 35.6 Å². The van der Waals surface area contributed by atoms with Crippen LogP contribution < -0.4 is 0 Å². The van der Waals surface area contributed by atoms with Gasteiger partial charge in [-0.1, -0.05) is 12.1 Å². The Labute approximate surface area is 154 Å². The normalized spacial score (nSPS) is 10.7. The summed E-state index contributed by atoms with van der Waals surface area (Å²) < 4.78 is 27.2. The Morgan fingerprint density at radius 1 is 1.15 bits per heavy atom. The molecule has 0 saturated heterocycles. The third kappa shape index (κ3) is 4.08. The lowest BCUT2D eigenvalue weighted by Crippen LogP contribution is -2.28. The summed E-state index contributed by atoms with van der Waals surface area (Å²) in [6, 6.07) is 11.9. The van der Waals surface area contributed by atoms with E-state index in [1.54, 1.807) is 29.5 Å². The predicted octanol–water partition coefficient (Wildman–Crippen LogP) is 4.71. The van der Waals surface area contributed by atoms with Crippen LogP contribution in [0.1, 0.15) is 15.2 Å². The number of carbonyl (C=O) groups is 1. The first kappa shape index (κ1) is 18.1. The van der Waals surface area contributed by atoms with Crippen LogP contribution in [0.25, 0.3) is 11.1 Å². The zero-order valence-electron chi connectivity index (χ0n) is 14.1. The lowest BCUT2D eigenvalue weighted by atomic mass is 10.1. The molecule has 0 aliphatic heterocycles. The molecule has 1 N–H and O–H groups in total. The van der Waals surface area contributed by atoms with Gasteiger partial charge in [0.25, 0.3) is 5.91 Å². The molecule has 26 heavy (non-hydrogen) atoms. The van der Waals surface area contributed by atoms with Gasteiger partial charge in [0.15, 0.2) is 0 Å². The standard InChI is InChI=1S/C20H17F2NO2S/c1-23(8-7-13-3-2-4-15(21)9-13)20(25)19-10-14(12-26-19)17-6-5-16(24)11-18(17)22/h2-6,9-12,24H,7-8H2,1H3. The van der Waals surface area contributed by atoms with E-state index >= 15 is 0 Å². The number of benzene rings is 2. The maximum absolute atomic E-state index is 14.0. The van der Waals surface area contributed by atoms with Gasteiger partial charge in [0.05, 0.1) is 4.88 Å². The number of nitrogens with zero attached hydrogens (tertiary/aromatic N) is 1. The molecule has 1 aromatic heterocycles. The van der Waals surface area contributed by atoms with Crippen molar-refractivity contribution in [1.82, 2.24) is 4.90 Å². The zero-order chi connectivity index (χ0) is 18.7. The van der Waals surface area contributed by atoms with Crippen LogP contribution in [0, 0.1) is 11.6 Å². The molecule has 0 radical (unpaired) electrons. The van der Waals surface area contributed by atoms with Crippen LogP contribution in [0.2, 0.25) is 0 Å². The quantitative estimate of drug-likeness (QED) is 0.703. The highest BCUT2D eigenvalue weighted by Gasteiger charge is 2.16. The Morgan fingerprint density at radius 3 is 2.69 bits per heavy atom. The number of hydrogen-bond donors (Lipinski definition) is 1. The van der Waals surface area contributed by atoms with Crippen molar-refractivity contribution in [2.24, 2.45) is 0 Å². The van der Waals surface area contributed by atoms with E-state index in [-0.39, 0.29) is 17.5 Å². The predicted molar refractivity (Wildman–Crippen MR) is 98.4 cm³/mol. The second-order valence-corrected chi connectivity index (χ2v) is 6.88. The highest BCUT2D eigenvalue weighted by molar-refractivity contribution is 7.12. The van der Waals surface area contributed by atoms with Crippen LogP contribution >= 0.6 is 11.3 Å². The fourth-order valence-corrected chi connectivity index (χ4v) is 3.51. The van der Waals surface area contributed by atoms with E-state index in [9.17, 15) is 18.7 Å². The SMILES string of the molecule is CN(CCc1cccc(F)c1)C(=O)c1cc(-c2ccc(O)cc2F)cs1. The van der Waals surface area contributed by atoms with Crippen molar-refractivity contribution in [2.45, 2.75) is 6.42 Å². The summed E-state index contributed by atoms with van der Waals surface area (Å²) >= 11 is 1.24. The second kappa shape index (κ2) is 7.66. The van der Waals surface area contributed by atoms with E-state index in [1.807, 2.05) is 6.07 Å². The van der Waals surface area contributed by atoms with Gasteiger partial charge in [-0.3, -0.25) is 4.79 Å². The average Bonchev–Trinajstić information content (AvgIpc) is 3.08. The number of halogens is 2. The molecule has 0 bridgehead atoms. The molecule has 3 rings (SSSR count). The first-order chi connectivity index (χ1) is 12.4. The first-order valence-electron chi connectivity index (χ1n) is 8.01. The fraction of sp³-hybridized carbons (Fsp3) is 0.150. The Balaban J connectivity index is 1.69. The van der Waals surface area contributed by atoms with Gasteiger partial charge in [-0.15, -0.1) is 11.3 Å². The number of amides is 1. The van der Waals surface area contributed by atoms with Gasteiger partial charge < -0.3 is 10.0 Å². The highest BCUT2D eigenvalue weighted by atomic mass is 32.1. The van der Waals surface area contributed by atoms with Crippen LogP contribution in [0.15, 0.2) is 53.9 Å². The van der Waals surface area contributed by atoms with E-state index in [0.717, 1.165) is 11.6 Å². The number of aromatic hydroxyl groups is 1. The lowest BCUT2D eigenvalue weighted by molar-refractivity contribution is 0.0801. The zero-order valence-corrected chi connectivity index (χ0v) is 14.9. The van der Waals surface area contributed by atoms with Crippen molar-refractivity contribution in [3.05, 3.63) is 76.0 Å². The molecule has 0 spiro atoms. The molecule has 0 fully saturated rings. The summed E-state index contributed by atoms with van der Waals surface area (Å²) in [7, 11) is 1.68. The highest BCUT2D eigenvalue weighted by Crippen LogP contribution is 2.30. The van der Waals surface area contributed by atoms with Crippen molar-refractivity contribution in [2.75, 3.05) is 13.6 Å². The van der Waals surface area contributed by atoms with Gasteiger partial charge in [0, 0.05) is 25.2 Å². The van der Waals surface area contributed by atoms with Gasteiger partial charge in [0.1, 0.15) is 17.4 Å². The number of phenols is 1. The molecular formula is C20H17F2NO2S. The van der Waals surface area contributed by atoms with Crippen molar-refractivity contribution < 1.29 is 18.7 Å². The van der Waals surface area contributed by atoms with Crippen LogP contribution in [0.3, 0.4) is 0 Å². The van der Waals surface area contributed by atoms with Crippen molar-refractivity contribution in [3.8, 4) is 16.9 Å². The molecule has 0 saturated carbocycles. The third-order valence-electron chi connectivity index (χ3n) is 4.05. The number of hydrogen-bond acceptors (Lipinski definition) is 3. The molecule has 0 aliphatic carbocycles. The summed E-state index contributed by atoms with van der Waals surface area (Å²) in [4.78, 5) is 14.6. The fourth-order valence-electron chi connectivity index (χ4n) is 2.61. The van der Waals surface area contributed by atoms with Gasteiger partial charge in [-0.25, -0.2) is 8.78 Å². The Kier molecular flexibility index (Phi) is 5.32. The maximum Gasteiger partial charge on any atom is 0.263 e. The summed E-state index contributed by atoms with van der Waals surface area (Å²) in [5.41, 5.74) is 1.75. The molecule has 134 valence electrons. The molecule has 6 heteroatoms. The molecule has 0 unspecified atom stereocenters. The minimum atomic E-state index is -0.541. The largest absolute Gasteiger partial charge is 0.508 e. The molecule has 3 nitrogen and oxygen atoms in total. The van der Waals surface area contributed by atoms with E-state index in [2.05, 4.69) is 0 Å². The summed E-state index contributed by atoms with van der Waals surface area (Å²) in [6.07, 6.45) is 0.546. The summed E-state index contributed by atoms with van der Waals surface area (Å²) in [5.74, 6) is -1.15. The van der Waals surface area contributed by atoms with Crippen LogP contribution in [-0.4, -0.2) is 29.5 Å². The van der Waals surface area contributed by atoms with Crippen LogP contribution in [0.4, 0.5) is 8.78 Å². The third-order valence-corrected chi connectivity index (χ3v) is 4.96. The van der Waals surface area contributed by atoms with Crippen LogP contribution in [0.5, 0.6) is 5.75 Å². The van der Waals surface area contributed by atoms with Gasteiger partial charge in [-0.05, 0) is 53.3 Å². The monoisotopic (exact) mass is 373 g/mol. The van der Waals surface area contributed by atoms with E-state index < -0.39 is 5.82 Å². The van der Waals surface area contributed by atoms with E-state index in [4.69, 9.17) is 0 Å². The number of thiophene rings is 1. The van der Waals surface area contributed by atoms with Crippen molar-refractivity contribution >= 4 is 17.2 Å². The molecule has 2 aromatic carbocycles. The molecule has 0 atom stereocenters. The average molecular weight is 373 g/mol. The maximum atomic E-state index is 14.0. The first-order valence-corrected chi connectivity index (χ1v) is 8.89. The smallest absolute Gasteiger partial charge is 0.263 e. The summed E-state index contributed by atoms with van der Waals surface area (Å²) in [6.45, 7) is 0.448. The molecular weight excluding hydrogens is 356 g/mol. The van der Waals surface area contributed by atoms with Gasteiger partial charge in [-0.2, -0.15) is 0 Å². The Hall–Kier alpha value is -2.73. The molecule has 1 amide bonds. The van der Waals surface area contributed by atoms with Crippen LogP contribution in [-0.2, 0) is 6.42 Å². The minimum Gasteiger partial charge on any atom is -0.508 e. The number of likely N-dealkylation sites (N-methyl/N-ethyl adjacent to an activating group) is 1.